The Balaban J connectivity index is 1.55. The standard InChI is InChI=1S/C26H18ClF2N3O6/c1-37-21-12-14(11-20(27)23(21)38-13-22(33)30-17-6-2-15(28)3-7-17)10-19-24(34)31-26(36)32(25(19)35)18-8-4-16(29)5-9-18/h2-12H,13H2,1H3,(H,30,33)(H,31,34,36)/b19-10+. The lowest BCUT2D eigenvalue weighted by Crippen LogP contribution is -2.54. The van der Waals surface area contributed by atoms with Gasteiger partial charge in [0, 0.05) is 5.69 Å². The van der Waals surface area contributed by atoms with E-state index in [4.69, 9.17) is 21.1 Å². The number of benzene rings is 3. The number of carbonyl (C=O) groups is 4. The molecule has 0 spiro atoms. The fourth-order valence-corrected chi connectivity index (χ4v) is 3.75. The highest BCUT2D eigenvalue weighted by Gasteiger charge is 2.37. The Morgan fingerprint density at radius 3 is 2.29 bits per heavy atom. The minimum atomic E-state index is -0.984. The van der Waals surface area contributed by atoms with Crippen molar-refractivity contribution in [2.24, 2.45) is 0 Å². The Bertz CT molecular complexity index is 1460. The number of halogens is 3. The molecule has 1 heterocycles. The average Bonchev–Trinajstić information content (AvgIpc) is 2.88. The number of methoxy groups -OCH3 is 1. The summed E-state index contributed by atoms with van der Waals surface area (Å²) in [6, 6.07) is 11.5. The molecule has 0 aliphatic carbocycles. The van der Waals surface area contributed by atoms with Gasteiger partial charge in [0.2, 0.25) is 0 Å². The molecule has 194 valence electrons. The molecule has 0 atom stereocenters. The molecule has 0 radical (unpaired) electrons. The number of nitrogens with one attached hydrogen (secondary N) is 2. The predicted octanol–water partition coefficient (Wildman–Crippen LogP) is 4.31. The number of hydrogen-bond acceptors (Lipinski definition) is 6. The first-order valence-corrected chi connectivity index (χ1v) is 11.3. The second-order valence-electron chi connectivity index (χ2n) is 7.81. The van der Waals surface area contributed by atoms with Gasteiger partial charge >= 0.3 is 6.03 Å². The molecule has 3 aromatic carbocycles. The minimum Gasteiger partial charge on any atom is -0.493 e. The first-order chi connectivity index (χ1) is 18.2. The van der Waals surface area contributed by atoms with Crippen LogP contribution in [0.15, 0.2) is 66.2 Å². The Morgan fingerprint density at radius 1 is 1.03 bits per heavy atom. The van der Waals surface area contributed by atoms with E-state index in [2.05, 4.69) is 10.6 Å². The number of anilines is 2. The zero-order valence-corrected chi connectivity index (χ0v) is 20.3. The first-order valence-electron chi connectivity index (χ1n) is 10.9. The molecule has 1 aliphatic rings. The van der Waals surface area contributed by atoms with Crippen LogP contribution in [0.3, 0.4) is 0 Å². The van der Waals surface area contributed by atoms with Crippen LogP contribution in [-0.4, -0.2) is 37.5 Å². The maximum atomic E-state index is 13.3. The minimum absolute atomic E-state index is 0.000848. The van der Waals surface area contributed by atoms with Crippen LogP contribution in [0.2, 0.25) is 5.02 Å². The van der Waals surface area contributed by atoms with Crippen LogP contribution in [-0.2, 0) is 14.4 Å². The number of barbiturate groups is 1. The molecule has 1 aliphatic heterocycles. The molecule has 1 saturated heterocycles. The van der Waals surface area contributed by atoms with Crippen molar-refractivity contribution in [1.82, 2.24) is 5.32 Å². The van der Waals surface area contributed by atoms with E-state index in [0.29, 0.717) is 10.6 Å². The van der Waals surface area contributed by atoms with E-state index in [9.17, 15) is 28.0 Å². The van der Waals surface area contributed by atoms with Crippen LogP contribution >= 0.6 is 11.6 Å². The first kappa shape index (κ1) is 26.3. The molecule has 12 heteroatoms. The molecule has 2 N–H and O–H groups in total. The quantitative estimate of drug-likeness (QED) is 0.340. The van der Waals surface area contributed by atoms with Gasteiger partial charge in [-0.3, -0.25) is 19.7 Å². The van der Waals surface area contributed by atoms with Crippen LogP contribution in [0.25, 0.3) is 6.08 Å². The van der Waals surface area contributed by atoms with Gasteiger partial charge in [0.25, 0.3) is 17.7 Å². The largest absolute Gasteiger partial charge is 0.493 e. The van der Waals surface area contributed by atoms with Crippen molar-refractivity contribution in [2.75, 3.05) is 23.9 Å². The highest BCUT2D eigenvalue weighted by atomic mass is 35.5. The van der Waals surface area contributed by atoms with Gasteiger partial charge in [0.05, 0.1) is 17.8 Å². The Morgan fingerprint density at radius 2 is 1.66 bits per heavy atom. The molecule has 9 nitrogen and oxygen atoms in total. The number of amides is 5. The molecule has 0 unspecified atom stereocenters. The molecule has 0 aromatic heterocycles. The summed E-state index contributed by atoms with van der Waals surface area (Å²) >= 11 is 6.33. The van der Waals surface area contributed by atoms with E-state index in [1.807, 2.05) is 0 Å². The zero-order chi connectivity index (χ0) is 27.4. The fourth-order valence-electron chi connectivity index (χ4n) is 3.48. The van der Waals surface area contributed by atoms with Crippen LogP contribution in [0.4, 0.5) is 25.0 Å². The molecule has 0 bridgehead atoms. The maximum absolute atomic E-state index is 13.3. The molecular formula is C26H18ClF2N3O6. The second kappa shape index (κ2) is 11.1. The van der Waals surface area contributed by atoms with E-state index in [1.54, 1.807) is 0 Å². The Labute approximate surface area is 219 Å². The summed E-state index contributed by atoms with van der Waals surface area (Å²) in [5.41, 5.74) is 0.287. The lowest BCUT2D eigenvalue weighted by molar-refractivity contribution is -0.122. The third-order valence-electron chi connectivity index (χ3n) is 5.22. The molecule has 38 heavy (non-hydrogen) atoms. The number of urea groups is 1. The van der Waals surface area contributed by atoms with Gasteiger partial charge in [-0.15, -0.1) is 0 Å². The number of carbonyl (C=O) groups excluding carboxylic acids is 4. The number of ether oxygens (including phenoxy) is 2. The monoisotopic (exact) mass is 541 g/mol. The topological polar surface area (TPSA) is 114 Å². The van der Waals surface area contributed by atoms with Crippen LogP contribution in [0, 0.1) is 11.6 Å². The van der Waals surface area contributed by atoms with Crippen molar-refractivity contribution in [3.8, 4) is 11.5 Å². The summed E-state index contributed by atoms with van der Waals surface area (Å²) < 4.78 is 37.1. The number of imide groups is 2. The van der Waals surface area contributed by atoms with Gasteiger partial charge in [-0.05, 0) is 72.3 Å². The van der Waals surface area contributed by atoms with E-state index in [0.717, 1.165) is 12.1 Å². The van der Waals surface area contributed by atoms with Gasteiger partial charge < -0.3 is 14.8 Å². The number of hydrogen-bond donors (Lipinski definition) is 2. The summed E-state index contributed by atoms with van der Waals surface area (Å²) in [7, 11) is 1.32. The summed E-state index contributed by atoms with van der Waals surface area (Å²) in [6.07, 6.45) is 1.19. The normalized spacial score (nSPS) is 14.4. The van der Waals surface area contributed by atoms with Crippen LogP contribution < -0.4 is 25.0 Å². The third kappa shape index (κ3) is 5.79. The number of rotatable bonds is 7. The third-order valence-corrected chi connectivity index (χ3v) is 5.51. The summed E-state index contributed by atoms with van der Waals surface area (Å²) in [4.78, 5) is 50.7. The van der Waals surface area contributed by atoms with Gasteiger partial charge in [-0.25, -0.2) is 18.5 Å². The molecule has 4 rings (SSSR count). The summed E-state index contributed by atoms with van der Waals surface area (Å²) in [5.74, 6) is -3.32. The van der Waals surface area contributed by atoms with Gasteiger partial charge in [0.1, 0.15) is 17.2 Å². The highest BCUT2D eigenvalue weighted by Crippen LogP contribution is 2.37. The van der Waals surface area contributed by atoms with Gasteiger partial charge in [-0.2, -0.15) is 0 Å². The molecule has 3 aromatic rings. The Hall–Kier alpha value is -4.77. The number of nitrogens with zero attached hydrogens (tertiary/aromatic N) is 1. The predicted molar refractivity (Wildman–Crippen MR) is 134 cm³/mol. The van der Waals surface area contributed by atoms with Crippen LogP contribution in [0.5, 0.6) is 11.5 Å². The summed E-state index contributed by atoms with van der Waals surface area (Å²) in [6.45, 7) is -0.455. The lowest BCUT2D eigenvalue weighted by atomic mass is 10.1. The molecule has 5 amide bonds. The average molecular weight is 542 g/mol. The van der Waals surface area contributed by atoms with Crippen molar-refractivity contribution >= 4 is 52.8 Å². The van der Waals surface area contributed by atoms with Gasteiger partial charge in [-0.1, -0.05) is 11.6 Å². The smallest absolute Gasteiger partial charge is 0.335 e. The van der Waals surface area contributed by atoms with Crippen LogP contribution in [0.1, 0.15) is 5.56 Å². The molecular weight excluding hydrogens is 524 g/mol. The SMILES string of the molecule is COc1cc(/C=C2\C(=O)NC(=O)N(c3ccc(F)cc3)C2=O)cc(Cl)c1OCC(=O)Nc1ccc(F)cc1. The molecule has 1 fully saturated rings. The highest BCUT2D eigenvalue weighted by molar-refractivity contribution is 6.39. The van der Waals surface area contributed by atoms with Crippen molar-refractivity contribution in [3.05, 3.63) is 88.5 Å². The van der Waals surface area contributed by atoms with Crippen molar-refractivity contribution < 1.29 is 37.4 Å². The van der Waals surface area contributed by atoms with E-state index in [1.165, 1.54) is 61.7 Å². The van der Waals surface area contributed by atoms with Crippen molar-refractivity contribution in [1.29, 1.82) is 0 Å². The van der Waals surface area contributed by atoms with Gasteiger partial charge in [0.15, 0.2) is 18.1 Å². The fraction of sp³-hybridized carbons (Fsp3) is 0.0769. The van der Waals surface area contributed by atoms with E-state index >= 15 is 0 Å². The Kier molecular flexibility index (Phi) is 7.68. The van der Waals surface area contributed by atoms with E-state index < -0.39 is 42.0 Å². The van der Waals surface area contributed by atoms with Crippen molar-refractivity contribution in [2.45, 2.75) is 0 Å². The maximum Gasteiger partial charge on any atom is 0.335 e. The van der Waals surface area contributed by atoms with E-state index in [-0.39, 0.29) is 33.3 Å². The summed E-state index contributed by atoms with van der Waals surface area (Å²) in [5, 5.41) is 4.60. The van der Waals surface area contributed by atoms with Crippen molar-refractivity contribution in [3.63, 3.8) is 0 Å². The second-order valence-corrected chi connectivity index (χ2v) is 8.22. The lowest BCUT2D eigenvalue weighted by Gasteiger charge is -2.26. The molecule has 0 saturated carbocycles. The zero-order valence-electron chi connectivity index (χ0n) is 19.6.